The molecule has 1 saturated carbocycles. The fraction of sp³-hybridized carbons (Fsp3) is 0.826. The summed E-state index contributed by atoms with van der Waals surface area (Å²) >= 11 is 0. The van der Waals surface area contributed by atoms with Gasteiger partial charge in [0.2, 0.25) is 0 Å². The normalized spacial score (nSPS) is 19.0. The van der Waals surface area contributed by atoms with Gasteiger partial charge >= 0.3 is 23.9 Å². The van der Waals surface area contributed by atoms with Crippen LogP contribution in [0.4, 0.5) is 0 Å². The first kappa shape index (κ1) is 38.3. The number of aliphatic carboxylic acids is 4. The Morgan fingerprint density at radius 3 is 1.81 bits per heavy atom. The average Bonchev–Trinajstić information content (AvgIpc) is 2.77. The first-order chi connectivity index (χ1) is 17.2. The van der Waals surface area contributed by atoms with E-state index in [1.165, 1.54) is 43.2 Å². The molecule has 218 valence electrons. The number of hydrogen-bond donors (Lipinski definition) is 6. The maximum absolute atomic E-state index is 11.4. The first-order valence-electron chi connectivity index (χ1n) is 12.1. The summed E-state index contributed by atoms with van der Waals surface area (Å²) in [5, 5.41) is 38.1. The van der Waals surface area contributed by atoms with E-state index in [0.29, 0.717) is 28.9 Å². The van der Waals surface area contributed by atoms with Crippen LogP contribution in [0.2, 0.25) is 0 Å². The van der Waals surface area contributed by atoms with Crippen LogP contribution < -0.4 is 11.1 Å². The number of rotatable bonds is 16. The second kappa shape index (κ2) is 21.1. The lowest BCUT2D eigenvalue weighted by atomic mass is 9.65. The van der Waals surface area contributed by atoms with E-state index in [-0.39, 0.29) is 17.9 Å². The van der Waals surface area contributed by atoms with Gasteiger partial charge in [0, 0.05) is 29.1 Å². The minimum absolute atomic E-state index is 0.0833. The van der Waals surface area contributed by atoms with Gasteiger partial charge in [0.25, 0.3) is 0 Å². The van der Waals surface area contributed by atoms with Crippen LogP contribution in [0.25, 0.3) is 0 Å². The third kappa shape index (κ3) is 19.0. The maximum Gasteiger partial charge on any atom is 0.321 e. The van der Waals surface area contributed by atoms with Gasteiger partial charge in [0.15, 0.2) is 0 Å². The number of carboxylic acids is 4. The van der Waals surface area contributed by atoms with Crippen molar-refractivity contribution in [1.29, 1.82) is 0 Å². The van der Waals surface area contributed by atoms with Crippen LogP contribution in [0.3, 0.4) is 0 Å². The van der Waals surface area contributed by atoms with Crippen LogP contribution >= 0.6 is 43.2 Å². The van der Waals surface area contributed by atoms with Crippen molar-refractivity contribution in [2.45, 2.75) is 78.9 Å². The lowest BCUT2D eigenvalue weighted by molar-refractivity contribution is -0.141. The standard InChI is InChI=1S/C15H27NO4S2.C6H11NO4S2.C2H6/c1-9(13(17)18)7-21-22-8-12(14(19)20)16-11-6-5-10(11)15(2,3)4;7-4(6(10)11)3-13-12-2-1-5(8)9;1-2/h9-12,16H,5-8H2,1-4H3,(H,17,18)(H,19,20);4H,1-3,7H2,(H,8,9)(H,10,11);1-2H3/t9-,10?,11?,12+;;/m0../s1. The zero-order valence-corrected chi connectivity index (χ0v) is 25.7. The number of carboxylic acid groups (broad SMARTS) is 4. The van der Waals surface area contributed by atoms with Crippen molar-refractivity contribution in [3.8, 4) is 0 Å². The molecule has 0 saturated heterocycles. The van der Waals surface area contributed by atoms with E-state index < -0.39 is 41.9 Å². The predicted octanol–water partition coefficient (Wildman–Crippen LogP) is 4.24. The van der Waals surface area contributed by atoms with Crippen LogP contribution in [-0.4, -0.2) is 85.4 Å². The highest BCUT2D eigenvalue weighted by molar-refractivity contribution is 8.77. The van der Waals surface area contributed by atoms with Gasteiger partial charge in [-0.2, -0.15) is 0 Å². The van der Waals surface area contributed by atoms with Crippen LogP contribution in [0.1, 0.15) is 60.8 Å². The molecule has 0 spiro atoms. The smallest absolute Gasteiger partial charge is 0.321 e. The van der Waals surface area contributed by atoms with Crippen molar-refractivity contribution in [1.82, 2.24) is 5.32 Å². The van der Waals surface area contributed by atoms with Gasteiger partial charge in [-0.05, 0) is 24.2 Å². The average molecular weight is 605 g/mol. The number of hydrogen-bond acceptors (Lipinski definition) is 10. The van der Waals surface area contributed by atoms with Gasteiger partial charge in [-0.1, -0.05) is 84.7 Å². The Morgan fingerprint density at radius 2 is 1.41 bits per heavy atom. The van der Waals surface area contributed by atoms with E-state index in [9.17, 15) is 24.3 Å². The second-order valence-corrected chi connectivity index (χ2v) is 14.4. The van der Waals surface area contributed by atoms with E-state index in [4.69, 9.17) is 21.1 Å². The van der Waals surface area contributed by atoms with E-state index in [0.717, 1.165) is 12.8 Å². The molecule has 0 amide bonds. The highest BCUT2D eigenvalue weighted by Gasteiger charge is 2.40. The molecule has 1 fully saturated rings. The van der Waals surface area contributed by atoms with Crippen molar-refractivity contribution >= 4 is 67.1 Å². The molecule has 1 rings (SSSR count). The van der Waals surface area contributed by atoms with Gasteiger partial charge in [0.1, 0.15) is 12.1 Å². The molecular weight excluding hydrogens is 561 g/mol. The summed E-state index contributed by atoms with van der Waals surface area (Å²) in [4.78, 5) is 42.4. The van der Waals surface area contributed by atoms with E-state index in [1.54, 1.807) is 6.92 Å². The molecule has 5 atom stereocenters. The van der Waals surface area contributed by atoms with E-state index in [1.807, 2.05) is 13.8 Å². The van der Waals surface area contributed by atoms with Crippen molar-refractivity contribution in [3.63, 3.8) is 0 Å². The fourth-order valence-electron chi connectivity index (χ4n) is 2.90. The third-order valence-electron chi connectivity index (χ3n) is 5.21. The van der Waals surface area contributed by atoms with E-state index in [2.05, 4.69) is 26.1 Å². The molecule has 0 aromatic rings. The Kier molecular flexibility index (Phi) is 21.8. The quantitative estimate of drug-likeness (QED) is 0.108. The maximum atomic E-state index is 11.4. The Morgan fingerprint density at radius 1 is 0.865 bits per heavy atom. The van der Waals surface area contributed by atoms with Gasteiger partial charge < -0.3 is 31.5 Å². The topological polar surface area (TPSA) is 187 Å². The number of carbonyl (C=O) groups is 4. The third-order valence-corrected chi connectivity index (χ3v) is 10.2. The van der Waals surface area contributed by atoms with Gasteiger partial charge in [0.05, 0.1) is 12.3 Å². The molecule has 10 nitrogen and oxygen atoms in total. The van der Waals surface area contributed by atoms with Crippen molar-refractivity contribution in [3.05, 3.63) is 0 Å². The van der Waals surface area contributed by atoms with Crippen LogP contribution in [0, 0.1) is 17.3 Å². The molecule has 0 radical (unpaired) electrons. The number of nitrogens with one attached hydrogen (secondary N) is 1. The summed E-state index contributed by atoms with van der Waals surface area (Å²) < 4.78 is 0. The molecule has 14 heteroatoms. The largest absolute Gasteiger partial charge is 0.481 e. The molecule has 0 heterocycles. The Balaban J connectivity index is 0. The van der Waals surface area contributed by atoms with Gasteiger partial charge in [-0.3, -0.25) is 19.2 Å². The lowest BCUT2D eigenvalue weighted by Gasteiger charge is -2.46. The summed E-state index contributed by atoms with van der Waals surface area (Å²) in [6.45, 7) is 12.2. The highest BCUT2D eigenvalue weighted by Crippen LogP contribution is 2.41. The van der Waals surface area contributed by atoms with E-state index >= 15 is 0 Å². The van der Waals surface area contributed by atoms with Crippen molar-refractivity contribution < 1.29 is 39.6 Å². The van der Waals surface area contributed by atoms with Gasteiger partial charge in [-0.15, -0.1) is 0 Å². The van der Waals surface area contributed by atoms with Gasteiger partial charge in [-0.25, -0.2) is 0 Å². The molecule has 0 aliphatic heterocycles. The molecule has 7 N–H and O–H groups in total. The minimum atomic E-state index is -1.04. The summed E-state index contributed by atoms with van der Waals surface area (Å²) in [5.41, 5.74) is 5.40. The lowest BCUT2D eigenvalue weighted by Crippen LogP contribution is -2.55. The number of nitrogens with two attached hydrogens (primary N) is 1. The Hall–Kier alpha value is -0.800. The molecule has 0 aromatic heterocycles. The molecule has 0 aromatic carbocycles. The zero-order valence-electron chi connectivity index (χ0n) is 22.5. The second-order valence-electron chi connectivity index (χ2n) is 9.22. The summed E-state index contributed by atoms with van der Waals surface area (Å²) in [5.74, 6) is -1.75. The van der Waals surface area contributed by atoms with Crippen LogP contribution in [-0.2, 0) is 19.2 Å². The van der Waals surface area contributed by atoms with Crippen LogP contribution in [0.5, 0.6) is 0 Å². The first-order valence-corrected chi connectivity index (χ1v) is 17.0. The summed E-state index contributed by atoms with van der Waals surface area (Å²) in [6.07, 6.45) is 2.26. The Labute approximate surface area is 236 Å². The highest BCUT2D eigenvalue weighted by atomic mass is 33.1. The van der Waals surface area contributed by atoms with Crippen LogP contribution in [0.15, 0.2) is 0 Å². The molecule has 3 unspecified atom stereocenters. The predicted molar refractivity (Wildman–Crippen MR) is 156 cm³/mol. The molecular formula is C23H44N2O8S4. The zero-order chi connectivity index (χ0) is 29.2. The fourth-order valence-corrected chi connectivity index (χ4v) is 7.51. The summed E-state index contributed by atoms with van der Waals surface area (Å²) in [7, 11) is 5.46. The van der Waals surface area contributed by atoms with Crippen molar-refractivity contribution in [2.24, 2.45) is 23.0 Å². The molecule has 0 bridgehead atoms. The minimum Gasteiger partial charge on any atom is -0.481 e. The summed E-state index contributed by atoms with van der Waals surface area (Å²) in [6, 6.07) is -1.18. The van der Waals surface area contributed by atoms with Crippen molar-refractivity contribution in [2.75, 3.05) is 23.0 Å². The molecule has 37 heavy (non-hydrogen) atoms. The monoisotopic (exact) mass is 604 g/mol. The SMILES string of the molecule is CC.C[C@@H](CSSC[C@@H](NC1CCC1C(C)(C)C)C(=O)O)C(=O)O.NC(CSSCCC(=O)O)C(=O)O. The Bertz CT molecular complexity index is 694. The molecule has 1 aliphatic carbocycles. The molecule has 1 aliphatic rings.